The Morgan fingerprint density at radius 2 is 1.91 bits per heavy atom. The Balaban J connectivity index is 1.30. The highest BCUT2D eigenvalue weighted by Gasteiger charge is 2.43. The minimum absolute atomic E-state index is 0.0808. The van der Waals surface area contributed by atoms with E-state index in [-0.39, 0.29) is 24.1 Å². The van der Waals surface area contributed by atoms with Crippen LogP contribution in [-0.4, -0.2) is 46.5 Å². The number of fused-ring (bicyclic) bond motifs is 2. The van der Waals surface area contributed by atoms with Gasteiger partial charge in [0.1, 0.15) is 11.9 Å². The van der Waals surface area contributed by atoms with E-state index >= 15 is 0 Å². The molecular weight excluding hydrogens is 433 g/mol. The van der Waals surface area contributed by atoms with Gasteiger partial charge in [0.25, 0.3) is 6.01 Å². The third kappa shape index (κ3) is 3.43. The maximum absolute atomic E-state index is 14.9. The second kappa shape index (κ2) is 7.85. The van der Waals surface area contributed by atoms with Gasteiger partial charge in [-0.2, -0.15) is 4.98 Å². The molecule has 2 aromatic carbocycles. The summed E-state index contributed by atoms with van der Waals surface area (Å²) in [5.74, 6) is -0.343. The zero-order chi connectivity index (χ0) is 21.7. The molecule has 3 atom stereocenters. The maximum Gasteiger partial charge on any atom is 0.296 e. The number of hydrogen-bond donors (Lipinski definition) is 1. The molecule has 162 valence electrons. The molecule has 4 aromatic rings. The first kappa shape index (κ1) is 19.7. The number of rotatable bonds is 4. The molecular formula is C24H19ClFN3O3. The molecule has 0 spiro atoms. The summed E-state index contributed by atoms with van der Waals surface area (Å²) in [7, 11) is 0. The maximum atomic E-state index is 14.9. The Morgan fingerprint density at radius 3 is 2.75 bits per heavy atom. The van der Waals surface area contributed by atoms with Gasteiger partial charge in [0.2, 0.25) is 0 Å². The van der Waals surface area contributed by atoms with E-state index in [9.17, 15) is 4.39 Å². The van der Waals surface area contributed by atoms with Crippen LogP contribution in [0.15, 0.2) is 54.6 Å². The molecule has 0 amide bonds. The molecule has 0 bridgehead atoms. The third-order valence-corrected chi connectivity index (χ3v) is 6.20. The van der Waals surface area contributed by atoms with Crippen LogP contribution in [0.25, 0.3) is 33.5 Å². The summed E-state index contributed by atoms with van der Waals surface area (Å²) >= 11 is 6.49. The molecule has 2 aliphatic heterocycles. The lowest BCUT2D eigenvalue weighted by Crippen LogP contribution is -2.32. The highest BCUT2D eigenvalue weighted by atomic mass is 35.5. The summed E-state index contributed by atoms with van der Waals surface area (Å²) in [6, 6.07) is 16.4. The predicted octanol–water partition coefficient (Wildman–Crippen LogP) is 5.02. The number of pyridine rings is 1. The van der Waals surface area contributed by atoms with Gasteiger partial charge in [-0.1, -0.05) is 54.1 Å². The summed E-state index contributed by atoms with van der Waals surface area (Å²) in [4.78, 5) is 12.1. The second-order valence-electron chi connectivity index (χ2n) is 7.94. The van der Waals surface area contributed by atoms with Crippen molar-refractivity contribution in [3.8, 4) is 28.4 Å². The van der Waals surface area contributed by atoms with Crippen molar-refractivity contribution in [3.05, 3.63) is 65.4 Å². The topological polar surface area (TPSA) is 69.3 Å². The van der Waals surface area contributed by atoms with Crippen LogP contribution in [0.4, 0.5) is 4.39 Å². The van der Waals surface area contributed by atoms with Crippen LogP contribution >= 0.6 is 11.6 Å². The first-order valence-electron chi connectivity index (χ1n) is 10.5. The molecule has 1 N–H and O–H groups in total. The number of aromatic amines is 1. The van der Waals surface area contributed by atoms with Crippen LogP contribution in [0.2, 0.25) is 5.02 Å². The summed E-state index contributed by atoms with van der Waals surface area (Å²) < 4.78 is 32.3. The highest BCUT2D eigenvalue weighted by molar-refractivity contribution is 6.33. The molecule has 2 fully saturated rings. The van der Waals surface area contributed by atoms with E-state index in [0.717, 1.165) is 12.0 Å². The van der Waals surface area contributed by atoms with E-state index in [1.807, 2.05) is 36.4 Å². The standard InChI is InChI=1S/C24H19ClFN3O3/c25-16-11-18-23(29-24(27-18)32-20-12-31-19-8-9-30-22(19)20)28-21(16)14-6-7-15(17(26)10-14)13-4-2-1-3-5-13/h1-7,10-11,19-20,22H,8-9,12H2,(H,27,28,29)/t19-,20?,22?/m1/s1. The Hall–Kier alpha value is -3.00. The lowest BCUT2D eigenvalue weighted by molar-refractivity contribution is 0.0273. The Labute approximate surface area is 188 Å². The monoisotopic (exact) mass is 451 g/mol. The summed E-state index contributed by atoms with van der Waals surface area (Å²) in [5, 5.41) is 0.392. The zero-order valence-corrected chi connectivity index (χ0v) is 17.7. The number of ether oxygens (including phenoxy) is 3. The largest absolute Gasteiger partial charge is 0.456 e. The SMILES string of the molecule is Fc1cc(-c2nc3nc(OC4CO[C@@H]5CCOC45)[nH]c3cc2Cl)ccc1-c1ccccc1. The molecule has 6 rings (SSSR count). The fourth-order valence-corrected chi connectivity index (χ4v) is 4.60. The number of benzene rings is 2. The van der Waals surface area contributed by atoms with Gasteiger partial charge in [-0.3, -0.25) is 0 Å². The van der Waals surface area contributed by atoms with Crippen molar-refractivity contribution in [1.82, 2.24) is 15.0 Å². The van der Waals surface area contributed by atoms with Crippen LogP contribution in [-0.2, 0) is 9.47 Å². The molecule has 2 saturated heterocycles. The van der Waals surface area contributed by atoms with Gasteiger partial charge < -0.3 is 19.2 Å². The van der Waals surface area contributed by atoms with Gasteiger partial charge in [0.15, 0.2) is 11.8 Å². The average Bonchev–Trinajstić information content (AvgIpc) is 3.51. The fraction of sp³-hybridized carbons (Fsp3) is 0.250. The van der Waals surface area contributed by atoms with Crippen LogP contribution in [0.5, 0.6) is 6.01 Å². The minimum atomic E-state index is -0.343. The van der Waals surface area contributed by atoms with Crippen LogP contribution < -0.4 is 4.74 Å². The van der Waals surface area contributed by atoms with Crippen molar-refractivity contribution in [3.63, 3.8) is 0 Å². The lowest BCUT2D eigenvalue weighted by atomic mass is 10.0. The molecule has 2 aliphatic rings. The predicted molar refractivity (Wildman–Crippen MR) is 118 cm³/mol. The smallest absolute Gasteiger partial charge is 0.296 e. The second-order valence-corrected chi connectivity index (χ2v) is 8.35. The van der Waals surface area contributed by atoms with Crippen molar-refractivity contribution in [1.29, 1.82) is 0 Å². The van der Waals surface area contributed by atoms with Gasteiger partial charge in [0, 0.05) is 17.7 Å². The summed E-state index contributed by atoms with van der Waals surface area (Å²) in [6.07, 6.45) is 0.654. The molecule has 0 saturated carbocycles. The number of nitrogens with zero attached hydrogens (tertiary/aromatic N) is 2. The molecule has 6 nitrogen and oxygen atoms in total. The Morgan fingerprint density at radius 1 is 1.03 bits per heavy atom. The van der Waals surface area contributed by atoms with E-state index in [2.05, 4.69) is 15.0 Å². The van der Waals surface area contributed by atoms with Gasteiger partial charge >= 0.3 is 0 Å². The molecule has 4 heterocycles. The number of nitrogens with one attached hydrogen (secondary N) is 1. The quantitative estimate of drug-likeness (QED) is 0.472. The van der Waals surface area contributed by atoms with E-state index < -0.39 is 0 Å². The number of hydrogen-bond acceptors (Lipinski definition) is 5. The first-order chi connectivity index (χ1) is 15.7. The lowest BCUT2D eigenvalue weighted by Gasteiger charge is -2.15. The molecule has 2 aromatic heterocycles. The van der Waals surface area contributed by atoms with Gasteiger partial charge in [-0.15, -0.1) is 0 Å². The number of H-pyrrole nitrogens is 1. The normalized spacial score (nSPS) is 22.4. The molecule has 32 heavy (non-hydrogen) atoms. The van der Waals surface area contributed by atoms with Crippen molar-refractivity contribution in [2.45, 2.75) is 24.7 Å². The molecule has 0 radical (unpaired) electrons. The fourth-order valence-electron chi connectivity index (χ4n) is 4.34. The molecule has 0 aliphatic carbocycles. The van der Waals surface area contributed by atoms with Crippen LogP contribution in [0.1, 0.15) is 6.42 Å². The number of aromatic nitrogens is 3. The summed E-state index contributed by atoms with van der Waals surface area (Å²) in [6.45, 7) is 1.13. The van der Waals surface area contributed by atoms with Crippen molar-refractivity contribution >= 4 is 22.8 Å². The zero-order valence-electron chi connectivity index (χ0n) is 16.9. The summed E-state index contributed by atoms with van der Waals surface area (Å²) in [5.41, 5.74) is 3.44. The van der Waals surface area contributed by atoms with E-state index in [1.54, 1.807) is 12.1 Å². The van der Waals surface area contributed by atoms with E-state index in [4.69, 9.17) is 25.8 Å². The number of imidazole rings is 1. The van der Waals surface area contributed by atoms with Gasteiger partial charge in [-0.05, 0) is 24.1 Å². The van der Waals surface area contributed by atoms with Crippen LogP contribution in [0.3, 0.4) is 0 Å². The van der Waals surface area contributed by atoms with Gasteiger partial charge in [0.05, 0.1) is 28.9 Å². The highest BCUT2D eigenvalue weighted by Crippen LogP contribution is 2.33. The van der Waals surface area contributed by atoms with Crippen molar-refractivity contribution < 1.29 is 18.6 Å². The van der Waals surface area contributed by atoms with Gasteiger partial charge in [-0.25, -0.2) is 9.37 Å². The van der Waals surface area contributed by atoms with E-state index in [1.165, 1.54) is 6.07 Å². The number of halogens is 2. The first-order valence-corrected chi connectivity index (χ1v) is 10.8. The van der Waals surface area contributed by atoms with Crippen molar-refractivity contribution in [2.24, 2.45) is 0 Å². The molecule has 2 unspecified atom stereocenters. The van der Waals surface area contributed by atoms with Crippen molar-refractivity contribution in [2.75, 3.05) is 13.2 Å². The molecule has 8 heteroatoms. The Kier molecular flexibility index (Phi) is 4.82. The van der Waals surface area contributed by atoms with E-state index in [0.29, 0.717) is 52.2 Å². The Bertz CT molecular complexity index is 1300. The third-order valence-electron chi connectivity index (χ3n) is 5.92. The minimum Gasteiger partial charge on any atom is -0.456 e. The average molecular weight is 452 g/mol. The van der Waals surface area contributed by atoms with Crippen LogP contribution in [0, 0.1) is 5.82 Å².